The second-order valence-corrected chi connectivity index (χ2v) is 15.3. The zero-order chi connectivity index (χ0) is 33.5. The molecule has 2 nitrogen and oxygen atoms in total. The molecule has 0 aliphatic heterocycles. The predicted octanol–water partition coefficient (Wildman–Crippen LogP) is 12.3. The Morgan fingerprint density at radius 2 is 1.50 bits per heavy atom. The van der Waals surface area contributed by atoms with E-state index in [1.165, 1.54) is 80.0 Å². The number of nitrogens with zero attached hydrogens (tertiary/aromatic N) is 1. The summed E-state index contributed by atoms with van der Waals surface area (Å²) in [6, 6.07) is 34.0. The Bertz CT molecular complexity index is 2030. The number of aromatic nitrogens is 1. The number of benzene rings is 4. The minimum atomic E-state index is -0.117. The Kier molecular flexibility index (Phi) is 8.81. The lowest BCUT2D eigenvalue weighted by Crippen LogP contribution is -2.36. The Balaban J connectivity index is 1.18. The van der Waals surface area contributed by atoms with E-state index in [1.807, 2.05) is 0 Å². The molecule has 5 aromatic rings. The van der Waals surface area contributed by atoms with Gasteiger partial charge >= 0.3 is 0 Å². The summed E-state index contributed by atoms with van der Waals surface area (Å²) in [5.74, 6) is 0.606. The molecule has 1 aromatic heterocycles. The van der Waals surface area contributed by atoms with E-state index in [-0.39, 0.29) is 16.9 Å². The fraction of sp³-hybridized carbons (Fsp3) is 0.348. The van der Waals surface area contributed by atoms with Crippen LogP contribution in [0.2, 0.25) is 0 Å². The minimum absolute atomic E-state index is 0.0411. The third kappa shape index (κ3) is 6.01. The first-order chi connectivity index (χ1) is 23.1. The summed E-state index contributed by atoms with van der Waals surface area (Å²) in [4.78, 5) is 0. The highest BCUT2D eigenvalue weighted by molar-refractivity contribution is 6.09. The van der Waals surface area contributed by atoms with Gasteiger partial charge in [-0.05, 0) is 93.0 Å². The fourth-order valence-electron chi connectivity index (χ4n) is 8.56. The van der Waals surface area contributed by atoms with Crippen molar-refractivity contribution in [2.75, 3.05) is 6.61 Å². The molecule has 0 saturated heterocycles. The topological polar surface area (TPSA) is 14.2 Å². The molecule has 48 heavy (non-hydrogen) atoms. The Morgan fingerprint density at radius 1 is 0.750 bits per heavy atom. The van der Waals surface area contributed by atoms with Crippen molar-refractivity contribution in [3.63, 3.8) is 0 Å². The van der Waals surface area contributed by atoms with Crippen LogP contribution in [0.25, 0.3) is 39.0 Å². The van der Waals surface area contributed by atoms with Gasteiger partial charge in [-0.2, -0.15) is 0 Å². The number of hydrogen-bond acceptors (Lipinski definition) is 1. The number of para-hydroxylation sites is 1. The van der Waals surface area contributed by atoms with Crippen molar-refractivity contribution in [3.8, 4) is 11.1 Å². The maximum Gasteiger partial charge on any atom is 0.0598 e. The van der Waals surface area contributed by atoms with E-state index in [0.29, 0.717) is 5.92 Å². The number of rotatable bonds is 11. The quantitative estimate of drug-likeness (QED) is 0.132. The monoisotopic (exact) mass is 633 g/mol. The van der Waals surface area contributed by atoms with Gasteiger partial charge in [0, 0.05) is 52.7 Å². The molecule has 4 aromatic carbocycles. The van der Waals surface area contributed by atoms with Crippen LogP contribution < -0.4 is 0 Å². The number of unbranched alkanes of at least 4 members (excludes halogenated alkanes) is 3. The summed E-state index contributed by atoms with van der Waals surface area (Å²) in [6.07, 6.45) is 16.0. The Morgan fingerprint density at radius 3 is 2.31 bits per heavy atom. The van der Waals surface area contributed by atoms with Crippen LogP contribution in [-0.4, -0.2) is 16.8 Å². The van der Waals surface area contributed by atoms with Crippen LogP contribution in [0.3, 0.4) is 0 Å². The molecule has 246 valence electrons. The third-order valence-corrected chi connectivity index (χ3v) is 11.0. The van der Waals surface area contributed by atoms with E-state index in [4.69, 9.17) is 4.74 Å². The lowest BCUT2D eigenvalue weighted by Gasteiger charge is -2.42. The molecule has 0 spiro atoms. The highest BCUT2D eigenvalue weighted by atomic mass is 16.5. The summed E-state index contributed by atoms with van der Waals surface area (Å²) in [7, 11) is 2.17. The number of hydrogen-bond donors (Lipinski definition) is 0. The first-order valence-electron chi connectivity index (χ1n) is 18.0. The van der Waals surface area contributed by atoms with Gasteiger partial charge in [-0.15, -0.1) is 0 Å². The number of aryl methyl sites for hydroxylation is 1. The molecule has 1 heterocycles. The van der Waals surface area contributed by atoms with Gasteiger partial charge in [0.2, 0.25) is 0 Å². The van der Waals surface area contributed by atoms with E-state index < -0.39 is 0 Å². The second kappa shape index (κ2) is 13.1. The van der Waals surface area contributed by atoms with Gasteiger partial charge in [0.15, 0.2) is 0 Å². The van der Waals surface area contributed by atoms with Crippen LogP contribution in [0, 0.1) is 5.92 Å². The zero-order valence-corrected chi connectivity index (χ0v) is 29.7. The summed E-state index contributed by atoms with van der Waals surface area (Å²) < 4.78 is 8.24. The second-order valence-electron chi connectivity index (χ2n) is 15.3. The fourth-order valence-corrected chi connectivity index (χ4v) is 8.56. The van der Waals surface area contributed by atoms with E-state index in [2.05, 4.69) is 162 Å². The van der Waals surface area contributed by atoms with E-state index in [0.717, 1.165) is 19.4 Å². The van der Waals surface area contributed by atoms with Crippen LogP contribution in [-0.2, 0) is 17.2 Å². The van der Waals surface area contributed by atoms with Crippen LogP contribution in [0.15, 0.2) is 120 Å². The van der Waals surface area contributed by atoms with Crippen LogP contribution in [0.1, 0.15) is 89.3 Å². The number of fused-ring (bicyclic) bond motifs is 4. The van der Waals surface area contributed by atoms with E-state index in [9.17, 15) is 0 Å². The molecular formula is C46H51NO. The average molecular weight is 634 g/mol. The van der Waals surface area contributed by atoms with Crippen molar-refractivity contribution in [3.05, 3.63) is 137 Å². The predicted molar refractivity (Wildman–Crippen MR) is 206 cm³/mol. The first kappa shape index (κ1) is 32.4. The number of allylic oxidation sites excluding steroid dienone is 5. The van der Waals surface area contributed by atoms with Gasteiger partial charge in [0.25, 0.3) is 0 Å². The molecule has 0 saturated carbocycles. The largest absolute Gasteiger partial charge is 0.376 e. The van der Waals surface area contributed by atoms with E-state index >= 15 is 0 Å². The normalized spacial score (nSPS) is 18.7. The van der Waals surface area contributed by atoms with Crippen molar-refractivity contribution in [1.29, 1.82) is 0 Å². The van der Waals surface area contributed by atoms with Crippen molar-refractivity contribution < 1.29 is 4.74 Å². The zero-order valence-electron chi connectivity index (χ0n) is 29.7. The standard InChI is InChI=1S/C46H51NO/c1-32-29-40-37(34-25-27-43-41(31-34)38-20-13-14-23-42(38)47(43)6)21-16-22-39(40)44(32)46(5,35-18-11-9-12-19-35)36-26-24-33(30-36)17-10-7-8-15-28-48-45(2,3)4/h9,11-14,16,18-27,29-31,36,44H,7-8,10,15,17,28H2,1-6H3. The van der Waals surface area contributed by atoms with Crippen molar-refractivity contribution >= 4 is 27.9 Å². The van der Waals surface area contributed by atoms with Gasteiger partial charge in [-0.25, -0.2) is 0 Å². The van der Waals surface area contributed by atoms with Gasteiger partial charge in [-0.3, -0.25) is 0 Å². The molecule has 0 fully saturated rings. The summed E-state index contributed by atoms with van der Waals surface area (Å²) >= 11 is 0. The van der Waals surface area contributed by atoms with Gasteiger partial charge in [-0.1, -0.05) is 128 Å². The molecule has 2 aliphatic rings. The van der Waals surface area contributed by atoms with Gasteiger partial charge < -0.3 is 9.30 Å². The minimum Gasteiger partial charge on any atom is -0.376 e. The highest BCUT2D eigenvalue weighted by Crippen LogP contribution is 2.55. The van der Waals surface area contributed by atoms with Crippen molar-refractivity contribution in [2.45, 2.75) is 83.7 Å². The summed E-state index contributed by atoms with van der Waals surface area (Å²) in [5, 5.41) is 2.63. The third-order valence-electron chi connectivity index (χ3n) is 11.0. The molecule has 2 aliphatic carbocycles. The van der Waals surface area contributed by atoms with Crippen molar-refractivity contribution in [1.82, 2.24) is 4.57 Å². The molecule has 0 radical (unpaired) electrons. The Hall–Kier alpha value is -4.14. The maximum absolute atomic E-state index is 5.92. The summed E-state index contributed by atoms with van der Waals surface area (Å²) in [6.45, 7) is 12.1. The first-order valence-corrected chi connectivity index (χ1v) is 18.0. The smallest absolute Gasteiger partial charge is 0.0598 e. The van der Waals surface area contributed by atoms with Gasteiger partial charge in [0.1, 0.15) is 0 Å². The van der Waals surface area contributed by atoms with Crippen LogP contribution in [0.5, 0.6) is 0 Å². The van der Waals surface area contributed by atoms with Crippen LogP contribution >= 0.6 is 0 Å². The molecule has 0 amide bonds. The molecule has 7 rings (SSSR count). The highest BCUT2D eigenvalue weighted by Gasteiger charge is 2.46. The maximum atomic E-state index is 5.92. The SMILES string of the molecule is CC1=Cc2c(-c3ccc4c(c3)c3ccccc3n4C)cccc2C1C(C)(c1ccccc1)C1C=CC(CCCCCCOC(C)(C)C)=C1. The molecule has 0 N–H and O–H groups in total. The molecular weight excluding hydrogens is 583 g/mol. The molecule has 0 bridgehead atoms. The summed E-state index contributed by atoms with van der Waals surface area (Å²) in [5.41, 5.74) is 12.2. The van der Waals surface area contributed by atoms with Gasteiger partial charge in [0.05, 0.1) is 5.60 Å². The van der Waals surface area contributed by atoms with Crippen LogP contribution in [0.4, 0.5) is 0 Å². The van der Waals surface area contributed by atoms with Crippen molar-refractivity contribution in [2.24, 2.45) is 13.0 Å². The number of ether oxygens (including phenoxy) is 1. The van der Waals surface area contributed by atoms with E-state index in [1.54, 1.807) is 0 Å². The average Bonchev–Trinajstić information content (AvgIpc) is 3.78. The lowest BCUT2D eigenvalue weighted by molar-refractivity contribution is -0.00473. The Labute approximate surface area is 287 Å². The molecule has 3 unspecified atom stereocenters. The molecule has 2 heteroatoms. The molecule has 3 atom stereocenters. The lowest BCUT2D eigenvalue weighted by atomic mass is 9.61.